The molecule has 0 spiro atoms. The molecule has 0 aromatic heterocycles. The fourth-order valence-corrected chi connectivity index (χ4v) is 5.65. The first-order valence-corrected chi connectivity index (χ1v) is 9.16. The Balaban J connectivity index is 2.94. The predicted octanol–water partition coefficient (Wildman–Crippen LogP) is 2.24. The summed E-state index contributed by atoms with van der Waals surface area (Å²) in [6.07, 6.45) is 0. The number of hydrogen-bond acceptors (Lipinski definition) is 2. The average Bonchev–Trinajstić information content (AvgIpc) is 2.38. The van der Waals surface area contributed by atoms with Crippen molar-refractivity contribution in [1.29, 1.82) is 0 Å². The Labute approximate surface area is 121 Å². The van der Waals surface area contributed by atoms with Crippen molar-refractivity contribution >= 4 is 15.2 Å². The Kier molecular flexibility index (Phi) is 4.22. The Morgan fingerprint density at radius 3 is 1.14 bits per heavy atom. The monoisotopic (exact) mass is 328 g/mol. The summed E-state index contributed by atoms with van der Waals surface area (Å²) in [7, 11) is -10.5. The topological polar surface area (TPSA) is 115 Å². The lowest BCUT2D eigenvalue weighted by Crippen LogP contribution is -2.28. The third kappa shape index (κ3) is 2.62. The molecule has 0 heterocycles. The SMILES string of the molecule is O=P(O)(O)C(c1ccccc1)(c1ccccc1)P(=O)(O)O. The van der Waals surface area contributed by atoms with Crippen LogP contribution in [0.4, 0.5) is 0 Å². The van der Waals surface area contributed by atoms with Gasteiger partial charge in [-0.25, -0.2) is 0 Å². The molecule has 0 bridgehead atoms. The molecule has 112 valence electrons. The van der Waals surface area contributed by atoms with Crippen LogP contribution in [-0.4, -0.2) is 19.6 Å². The Hall–Kier alpha value is -1.26. The van der Waals surface area contributed by atoms with E-state index >= 15 is 0 Å². The highest BCUT2D eigenvalue weighted by Crippen LogP contribution is 2.77. The minimum Gasteiger partial charge on any atom is -0.323 e. The van der Waals surface area contributed by atoms with E-state index in [1.54, 1.807) is 12.1 Å². The van der Waals surface area contributed by atoms with Crippen LogP contribution in [0.2, 0.25) is 0 Å². The molecular weight excluding hydrogens is 314 g/mol. The summed E-state index contributed by atoms with van der Waals surface area (Å²) in [4.78, 5) is 36.5. The van der Waals surface area contributed by atoms with Crippen molar-refractivity contribution in [3.63, 3.8) is 0 Å². The molecule has 0 amide bonds. The molecule has 4 N–H and O–H groups in total. The van der Waals surface area contributed by atoms with Crippen LogP contribution in [0.1, 0.15) is 11.1 Å². The zero-order valence-electron chi connectivity index (χ0n) is 10.8. The van der Waals surface area contributed by atoms with Gasteiger partial charge < -0.3 is 19.6 Å². The average molecular weight is 328 g/mol. The molecule has 2 rings (SSSR count). The van der Waals surface area contributed by atoms with Gasteiger partial charge in [0.15, 0.2) is 0 Å². The molecule has 0 aliphatic carbocycles. The van der Waals surface area contributed by atoms with Crippen molar-refractivity contribution in [2.24, 2.45) is 0 Å². The maximum absolute atomic E-state index is 12.1. The molecule has 0 aliphatic heterocycles. The van der Waals surface area contributed by atoms with E-state index in [1.165, 1.54) is 48.5 Å². The maximum Gasteiger partial charge on any atom is 0.352 e. The standard InChI is InChI=1S/C13H14O6P2/c14-20(15,16)13(21(17,18)19,11-7-3-1-4-8-11)12-9-5-2-6-10-12/h1-10H,(H2,14,15,16)(H2,17,18,19). The summed E-state index contributed by atoms with van der Waals surface area (Å²) in [6.45, 7) is 0. The molecule has 0 saturated carbocycles. The van der Waals surface area contributed by atoms with Gasteiger partial charge in [0.25, 0.3) is 0 Å². The van der Waals surface area contributed by atoms with Crippen molar-refractivity contribution in [3.05, 3.63) is 71.8 Å². The number of benzene rings is 2. The summed E-state index contributed by atoms with van der Waals surface area (Å²) < 4.78 is 24.2. The predicted molar refractivity (Wildman–Crippen MR) is 77.8 cm³/mol. The Morgan fingerprint density at radius 1 is 0.619 bits per heavy atom. The highest BCUT2D eigenvalue weighted by Gasteiger charge is 2.62. The third-order valence-electron chi connectivity index (χ3n) is 3.20. The van der Waals surface area contributed by atoms with Gasteiger partial charge in [0.1, 0.15) is 0 Å². The van der Waals surface area contributed by atoms with E-state index < -0.39 is 20.1 Å². The van der Waals surface area contributed by atoms with Crippen LogP contribution < -0.4 is 0 Å². The van der Waals surface area contributed by atoms with Gasteiger partial charge in [0.05, 0.1) is 0 Å². The van der Waals surface area contributed by atoms with Crippen molar-refractivity contribution < 1.29 is 28.7 Å². The minimum atomic E-state index is -5.24. The van der Waals surface area contributed by atoms with E-state index in [9.17, 15) is 28.7 Å². The lowest BCUT2D eigenvalue weighted by molar-refractivity contribution is 0.320. The smallest absolute Gasteiger partial charge is 0.323 e. The second-order valence-electron chi connectivity index (χ2n) is 4.49. The Morgan fingerprint density at radius 2 is 0.905 bits per heavy atom. The molecule has 0 fully saturated rings. The van der Waals surface area contributed by atoms with E-state index in [0.29, 0.717) is 0 Å². The largest absolute Gasteiger partial charge is 0.352 e. The van der Waals surface area contributed by atoms with Crippen LogP contribution in [0.5, 0.6) is 0 Å². The zero-order chi connectivity index (χ0) is 15.7. The highest BCUT2D eigenvalue weighted by atomic mass is 31.2. The number of rotatable bonds is 4. The summed E-state index contributed by atoms with van der Waals surface area (Å²) in [5, 5.41) is 0. The van der Waals surface area contributed by atoms with E-state index in [0.717, 1.165) is 0 Å². The summed E-state index contributed by atoms with van der Waals surface area (Å²) >= 11 is 0. The summed E-state index contributed by atoms with van der Waals surface area (Å²) in [5.41, 5.74) is -0.254. The number of hydrogen-bond donors (Lipinski definition) is 4. The first-order chi connectivity index (χ1) is 9.71. The molecule has 0 aliphatic rings. The van der Waals surface area contributed by atoms with E-state index in [1.807, 2.05) is 0 Å². The van der Waals surface area contributed by atoms with Crippen LogP contribution in [0.3, 0.4) is 0 Å². The van der Waals surface area contributed by atoms with Gasteiger partial charge in [0, 0.05) is 0 Å². The van der Waals surface area contributed by atoms with Gasteiger partial charge in [0.2, 0.25) is 4.90 Å². The van der Waals surface area contributed by atoms with Crippen molar-refractivity contribution in [2.45, 2.75) is 4.90 Å². The minimum absolute atomic E-state index is 0.127. The summed E-state index contributed by atoms with van der Waals surface area (Å²) in [5.74, 6) is 0. The first kappa shape index (κ1) is 16.1. The molecule has 2 aromatic rings. The molecule has 0 radical (unpaired) electrons. The van der Waals surface area contributed by atoms with Gasteiger partial charge in [-0.05, 0) is 11.1 Å². The molecule has 2 aromatic carbocycles. The summed E-state index contributed by atoms with van der Waals surface area (Å²) in [6, 6.07) is 14.3. The van der Waals surface area contributed by atoms with Crippen LogP contribution in [0, 0.1) is 0 Å². The first-order valence-electron chi connectivity index (χ1n) is 5.93. The fraction of sp³-hybridized carbons (Fsp3) is 0.0769. The van der Waals surface area contributed by atoms with Crippen molar-refractivity contribution in [1.82, 2.24) is 0 Å². The third-order valence-corrected chi connectivity index (χ3v) is 7.48. The van der Waals surface area contributed by atoms with Gasteiger partial charge in [-0.2, -0.15) is 0 Å². The lowest BCUT2D eigenvalue weighted by Gasteiger charge is -2.35. The molecule has 0 unspecified atom stereocenters. The van der Waals surface area contributed by atoms with Crippen LogP contribution in [-0.2, 0) is 14.0 Å². The van der Waals surface area contributed by atoms with Gasteiger partial charge in [-0.15, -0.1) is 0 Å². The molecule has 21 heavy (non-hydrogen) atoms. The van der Waals surface area contributed by atoms with E-state index in [-0.39, 0.29) is 11.1 Å². The zero-order valence-corrected chi connectivity index (χ0v) is 12.6. The van der Waals surface area contributed by atoms with Crippen molar-refractivity contribution in [3.8, 4) is 0 Å². The molecule has 8 heteroatoms. The highest BCUT2D eigenvalue weighted by molar-refractivity contribution is 7.72. The molecule has 0 atom stereocenters. The van der Waals surface area contributed by atoms with Crippen molar-refractivity contribution in [2.75, 3.05) is 0 Å². The lowest BCUT2D eigenvalue weighted by atomic mass is 10.0. The van der Waals surface area contributed by atoms with Gasteiger partial charge in [-0.1, -0.05) is 60.7 Å². The van der Waals surface area contributed by atoms with Gasteiger partial charge >= 0.3 is 15.2 Å². The van der Waals surface area contributed by atoms with Gasteiger partial charge in [-0.3, -0.25) is 9.13 Å². The van der Waals surface area contributed by atoms with E-state index in [4.69, 9.17) is 0 Å². The second kappa shape index (κ2) is 5.50. The fourth-order valence-electron chi connectivity index (χ4n) is 2.35. The molecular formula is C13H14O6P2. The van der Waals surface area contributed by atoms with Crippen LogP contribution in [0.15, 0.2) is 60.7 Å². The van der Waals surface area contributed by atoms with Crippen LogP contribution >= 0.6 is 15.2 Å². The second-order valence-corrected chi connectivity index (χ2v) is 8.36. The Bertz CT molecular complexity index is 640. The molecule has 6 nitrogen and oxygen atoms in total. The quantitative estimate of drug-likeness (QED) is 0.640. The maximum atomic E-state index is 12.1. The molecule has 0 saturated heterocycles. The normalized spacial score (nSPS) is 13.1. The van der Waals surface area contributed by atoms with E-state index in [2.05, 4.69) is 0 Å². The van der Waals surface area contributed by atoms with Crippen LogP contribution in [0.25, 0.3) is 0 Å².